The minimum absolute atomic E-state index is 0.0106. The van der Waals surface area contributed by atoms with Gasteiger partial charge in [-0.25, -0.2) is 0 Å². The van der Waals surface area contributed by atoms with Crippen molar-refractivity contribution in [2.45, 2.75) is 39.7 Å². The third kappa shape index (κ3) is 3.91. The number of nitrogens with zero attached hydrogens (tertiary/aromatic N) is 4. The Kier molecular flexibility index (Phi) is 5.38. The van der Waals surface area contributed by atoms with Crippen LogP contribution in [0.2, 0.25) is 0 Å². The first-order valence-electron chi connectivity index (χ1n) is 11.2. The second-order valence-electron chi connectivity index (χ2n) is 9.29. The highest BCUT2D eigenvalue weighted by Crippen LogP contribution is 2.60. The summed E-state index contributed by atoms with van der Waals surface area (Å²) in [5.41, 5.74) is 1.36. The maximum atomic E-state index is 13.2. The zero-order valence-electron chi connectivity index (χ0n) is 18.3. The highest BCUT2D eigenvalue weighted by atomic mass is 32.1. The molecule has 0 unspecified atom stereocenters. The number of likely N-dealkylation sites (tertiary alicyclic amines) is 1. The molecule has 3 aliphatic rings. The monoisotopic (exact) mass is 442 g/mol. The molecule has 2 aromatic heterocycles. The Bertz CT molecular complexity index is 934. The lowest BCUT2D eigenvalue weighted by Gasteiger charge is -2.36. The number of piperidine rings is 1. The third-order valence-corrected chi connectivity index (χ3v) is 8.29. The molecule has 2 saturated heterocycles. The summed E-state index contributed by atoms with van der Waals surface area (Å²) in [6, 6.07) is 4.28. The number of hydrogen-bond donors (Lipinski definition) is 0. The summed E-state index contributed by atoms with van der Waals surface area (Å²) in [5, 5.41) is 6.03. The van der Waals surface area contributed by atoms with Gasteiger partial charge in [-0.05, 0) is 50.0 Å². The lowest BCUT2D eigenvalue weighted by Crippen LogP contribution is -2.49. The highest BCUT2D eigenvalue weighted by Gasteiger charge is 2.59. The van der Waals surface area contributed by atoms with Crippen molar-refractivity contribution in [1.29, 1.82) is 0 Å². The van der Waals surface area contributed by atoms with E-state index in [0.29, 0.717) is 36.0 Å². The van der Waals surface area contributed by atoms with Crippen molar-refractivity contribution in [3.63, 3.8) is 0 Å². The van der Waals surface area contributed by atoms with Crippen LogP contribution in [0.1, 0.15) is 46.0 Å². The van der Waals surface area contributed by atoms with Gasteiger partial charge in [0, 0.05) is 56.6 Å². The number of aryl methyl sites for hydroxylation is 2. The van der Waals surface area contributed by atoms with Gasteiger partial charge in [0.15, 0.2) is 0 Å². The van der Waals surface area contributed by atoms with E-state index < -0.39 is 0 Å². The molecule has 0 N–H and O–H groups in total. The van der Waals surface area contributed by atoms with Crippen molar-refractivity contribution in [2.75, 3.05) is 39.3 Å². The van der Waals surface area contributed by atoms with Gasteiger partial charge in [0.25, 0.3) is 5.91 Å². The fourth-order valence-electron chi connectivity index (χ4n) is 5.32. The first-order chi connectivity index (χ1) is 15.0. The predicted molar refractivity (Wildman–Crippen MR) is 118 cm³/mol. The molecule has 2 aliphatic heterocycles. The van der Waals surface area contributed by atoms with Crippen LogP contribution >= 0.6 is 11.3 Å². The van der Waals surface area contributed by atoms with E-state index in [4.69, 9.17) is 4.52 Å². The van der Waals surface area contributed by atoms with E-state index in [0.717, 1.165) is 52.0 Å². The normalized spacial score (nSPS) is 23.4. The molecule has 0 aromatic carbocycles. The lowest BCUT2D eigenvalue weighted by molar-refractivity contribution is -0.135. The van der Waals surface area contributed by atoms with Crippen LogP contribution in [0.4, 0.5) is 0 Å². The second-order valence-corrected chi connectivity index (χ2v) is 10.3. The molecule has 3 fully saturated rings. The van der Waals surface area contributed by atoms with Crippen LogP contribution in [0.3, 0.4) is 0 Å². The number of carbonyl (C=O) groups is 2. The zero-order valence-corrected chi connectivity index (χ0v) is 19.1. The minimum Gasteiger partial charge on any atom is -0.361 e. The molecular weight excluding hydrogens is 412 g/mol. The Balaban J connectivity index is 1.12. The van der Waals surface area contributed by atoms with Crippen molar-refractivity contribution < 1.29 is 14.1 Å². The first-order valence-corrected chi connectivity index (χ1v) is 12.1. The average Bonchev–Trinajstić information content (AvgIpc) is 3.08. The number of rotatable bonds is 4. The predicted octanol–water partition coefficient (Wildman–Crippen LogP) is 2.94. The van der Waals surface area contributed by atoms with Gasteiger partial charge in [0.05, 0.1) is 5.69 Å². The Hall–Kier alpha value is -2.19. The van der Waals surface area contributed by atoms with Crippen LogP contribution in [-0.4, -0.2) is 70.9 Å². The van der Waals surface area contributed by atoms with Gasteiger partial charge < -0.3 is 14.3 Å². The van der Waals surface area contributed by atoms with Crippen molar-refractivity contribution in [1.82, 2.24) is 19.9 Å². The smallest absolute Gasteiger partial charge is 0.259 e. The molecular formula is C23H30N4O3S. The van der Waals surface area contributed by atoms with Crippen molar-refractivity contribution in [3.05, 3.63) is 39.4 Å². The summed E-state index contributed by atoms with van der Waals surface area (Å²) in [5.74, 6) is 1.07. The number of aromatic nitrogens is 1. The molecule has 1 spiro atoms. The van der Waals surface area contributed by atoms with Gasteiger partial charge in [-0.1, -0.05) is 11.2 Å². The third-order valence-electron chi connectivity index (χ3n) is 7.42. The van der Waals surface area contributed by atoms with E-state index in [1.807, 2.05) is 11.8 Å². The molecule has 2 amide bonds. The van der Waals surface area contributed by atoms with Gasteiger partial charge in [0.2, 0.25) is 5.91 Å². The first kappa shape index (κ1) is 20.7. The minimum atomic E-state index is 0.0106. The van der Waals surface area contributed by atoms with Gasteiger partial charge in [-0.2, -0.15) is 0 Å². The molecule has 31 heavy (non-hydrogen) atoms. The van der Waals surface area contributed by atoms with E-state index in [1.54, 1.807) is 18.3 Å². The molecule has 8 heteroatoms. The molecule has 5 rings (SSSR count). The molecule has 166 valence electrons. The second kappa shape index (κ2) is 8.06. The Morgan fingerprint density at radius 1 is 1.13 bits per heavy atom. The molecule has 4 heterocycles. The SMILES string of the molecule is Cc1noc(C)c1C(=O)N1CCC2(CC1)C[C@H]2C(=O)N1CCN(Cc2cccs2)CC1. The van der Waals surface area contributed by atoms with Crippen LogP contribution < -0.4 is 0 Å². The Morgan fingerprint density at radius 3 is 2.48 bits per heavy atom. The van der Waals surface area contributed by atoms with Crippen molar-refractivity contribution >= 4 is 23.2 Å². The summed E-state index contributed by atoms with van der Waals surface area (Å²) >= 11 is 1.80. The molecule has 2 aromatic rings. The summed E-state index contributed by atoms with van der Waals surface area (Å²) in [7, 11) is 0. The summed E-state index contributed by atoms with van der Waals surface area (Å²) in [4.78, 5) is 33.9. The maximum Gasteiger partial charge on any atom is 0.259 e. The van der Waals surface area contributed by atoms with E-state index >= 15 is 0 Å². The molecule has 1 saturated carbocycles. The van der Waals surface area contributed by atoms with Gasteiger partial charge in [0.1, 0.15) is 11.3 Å². The molecule has 7 nitrogen and oxygen atoms in total. The van der Waals surface area contributed by atoms with E-state index in [1.165, 1.54) is 4.88 Å². The fourth-order valence-corrected chi connectivity index (χ4v) is 6.07. The lowest BCUT2D eigenvalue weighted by atomic mass is 9.90. The summed E-state index contributed by atoms with van der Waals surface area (Å²) < 4.78 is 5.16. The van der Waals surface area contributed by atoms with Crippen LogP contribution in [0.25, 0.3) is 0 Å². The Morgan fingerprint density at radius 2 is 1.87 bits per heavy atom. The topological polar surface area (TPSA) is 69.9 Å². The number of carbonyl (C=O) groups excluding carboxylic acids is 2. The molecule has 1 atom stereocenters. The number of thiophene rings is 1. The zero-order chi connectivity index (χ0) is 21.6. The van der Waals surface area contributed by atoms with Crippen molar-refractivity contribution in [3.8, 4) is 0 Å². The summed E-state index contributed by atoms with van der Waals surface area (Å²) in [6.07, 6.45) is 2.81. The number of piperazine rings is 1. The number of amides is 2. The standard InChI is InChI=1S/C23H30N4O3S/c1-16-20(17(2)30-24-16)22(29)26-7-5-23(6-8-26)14-19(23)21(28)27-11-9-25(10-12-27)15-18-4-3-13-31-18/h3-4,13,19H,5-12,14-15H2,1-2H3/t19-/m0/s1. The van der Waals surface area contributed by atoms with Crippen LogP contribution in [0, 0.1) is 25.2 Å². The van der Waals surface area contributed by atoms with Gasteiger partial charge in [-0.15, -0.1) is 11.3 Å². The van der Waals surface area contributed by atoms with Gasteiger partial charge >= 0.3 is 0 Å². The van der Waals surface area contributed by atoms with E-state index in [2.05, 4.69) is 32.5 Å². The molecule has 1 aliphatic carbocycles. The largest absolute Gasteiger partial charge is 0.361 e. The van der Waals surface area contributed by atoms with E-state index in [-0.39, 0.29) is 17.2 Å². The van der Waals surface area contributed by atoms with Crippen LogP contribution in [0.15, 0.2) is 22.0 Å². The molecule has 0 radical (unpaired) electrons. The van der Waals surface area contributed by atoms with Crippen molar-refractivity contribution in [2.24, 2.45) is 11.3 Å². The van der Waals surface area contributed by atoms with E-state index in [9.17, 15) is 9.59 Å². The maximum absolute atomic E-state index is 13.2. The molecule has 0 bridgehead atoms. The Labute approximate surface area is 187 Å². The fraction of sp³-hybridized carbons (Fsp3) is 0.609. The number of hydrogen-bond acceptors (Lipinski definition) is 6. The van der Waals surface area contributed by atoms with Gasteiger partial charge in [-0.3, -0.25) is 14.5 Å². The highest BCUT2D eigenvalue weighted by molar-refractivity contribution is 7.09. The van der Waals surface area contributed by atoms with Crippen LogP contribution in [-0.2, 0) is 11.3 Å². The summed E-state index contributed by atoms with van der Waals surface area (Å²) in [6.45, 7) is 9.55. The quantitative estimate of drug-likeness (QED) is 0.728. The van der Waals surface area contributed by atoms with Crippen LogP contribution in [0.5, 0.6) is 0 Å². The average molecular weight is 443 g/mol.